The van der Waals surface area contributed by atoms with Gasteiger partial charge in [-0.15, -0.1) is 0 Å². The molecule has 0 aromatic carbocycles. The third kappa shape index (κ3) is 21.0. The standard InChI is InChI=1S/C26H55N.ClH/c1-6-7-8-9-10-11-12-13-14-15-16-17-18-19-20-21-22-23-24-27(25(2)3)26(4)5;/h25-26H,6-24H2,1-5H3;1H. The van der Waals surface area contributed by atoms with Gasteiger partial charge in [0.05, 0.1) is 18.6 Å². The number of rotatable bonds is 21. The maximum absolute atomic E-state index is 2.37. The molecular weight excluding hydrogens is 362 g/mol. The smallest absolute Gasteiger partial charge is 0.0819 e. The third-order valence-corrected chi connectivity index (χ3v) is 6.30. The minimum absolute atomic E-state index is 0. The van der Waals surface area contributed by atoms with Crippen LogP contribution in [-0.2, 0) is 0 Å². The third-order valence-electron chi connectivity index (χ3n) is 6.30. The summed E-state index contributed by atoms with van der Waals surface area (Å²) in [5.41, 5.74) is 0. The normalized spacial score (nSPS) is 11.6. The van der Waals surface area contributed by atoms with Crippen molar-refractivity contribution in [3.05, 3.63) is 0 Å². The minimum Gasteiger partial charge on any atom is -1.00 e. The molecule has 0 bridgehead atoms. The average Bonchev–Trinajstić information content (AvgIpc) is 2.63. The van der Waals surface area contributed by atoms with Crippen LogP contribution in [0.1, 0.15) is 150 Å². The van der Waals surface area contributed by atoms with E-state index in [9.17, 15) is 0 Å². The molecule has 0 saturated carbocycles. The van der Waals surface area contributed by atoms with E-state index in [0.29, 0.717) is 0 Å². The lowest BCUT2D eigenvalue weighted by Gasteiger charge is -2.27. The monoisotopic (exact) mass is 417 g/mol. The van der Waals surface area contributed by atoms with Gasteiger partial charge in [-0.1, -0.05) is 110 Å². The molecule has 0 aliphatic carbocycles. The summed E-state index contributed by atoms with van der Waals surface area (Å²) in [5, 5.41) is 0. The molecule has 2 heteroatoms. The van der Waals surface area contributed by atoms with Crippen molar-refractivity contribution >= 4 is 0 Å². The van der Waals surface area contributed by atoms with Crippen molar-refractivity contribution in [2.75, 3.05) is 6.54 Å². The number of halogens is 1. The first-order valence-corrected chi connectivity index (χ1v) is 12.9. The number of quaternary nitrogens is 1. The van der Waals surface area contributed by atoms with Crippen LogP contribution in [0.4, 0.5) is 0 Å². The van der Waals surface area contributed by atoms with Gasteiger partial charge in [0.15, 0.2) is 0 Å². The second-order valence-corrected chi connectivity index (χ2v) is 9.64. The maximum Gasteiger partial charge on any atom is 0.0819 e. The van der Waals surface area contributed by atoms with Gasteiger partial charge >= 0.3 is 0 Å². The largest absolute Gasteiger partial charge is 1.00 e. The van der Waals surface area contributed by atoms with Gasteiger partial charge in [-0.3, -0.25) is 0 Å². The molecule has 0 rings (SSSR count). The van der Waals surface area contributed by atoms with Crippen LogP contribution in [-0.4, -0.2) is 18.6 Å². The molecular formula is C26H56ClN. The van der Waals surface area contributed by atoms with Gasteiger partial charge in [0.25, 0.3) is 0 Å². The summed E-state index contributed by atoms with van der Waals surface area (Å²) in [4.78, 5) is 1.78. The molecule has 0 aliphatic rings. The quantitative estimate of drug-likeness (QED) is 0.257. The van der Waals surface area contributed by atoms with Crippen molar-refractivity contribution in [1.82, 2.24) is 0 Å². The molecule has 0 aliphatic heterocycles. The topological polar surface area (TPSA) is 4.44 Å². The number of unbranched alkanes of at least 4 members (excludes halogenated alkanes) is 17. The Balaban J connectivity index is 0. The molecule has 0 heterocycles. The zero-order valence-corrected chi connectivity index (χ0v) is 21.2. The van der Waals surface area contributed by atoms with E-state index in [4.69, 9.17) is 0 Å². The lowest BCUT2D eigenvalue weighted by molar-refractivity contribution is -0.942. The Morgan fingerprint density at radius 1 is 0.429 bits per heavy atom. The Morgan fingerprint density at radius 3 is 0.929 bits per heavy atom. The van der Waals surface area contributed by atoms with Crippen LogP contribution in [0.5, 0.6) is 0 Å². The lowest BCUT2D eigenvalue weighted by atomic mass is 10.0. The van der Waals surface area contributed by atoms with Crippen molar-refractivity contribution in [3.8, 4) is 0 Å². The summed E-state index contributed by atoms with van der Waals surface area (Å²) in [6.45, 7) is 13.1. The van der Waals surface area contributed by atoms with Crippen LogP contribution in [0.25, 0.3) is 0 Å². The molecule has 1 nitrogen and oxygen atoms in total. The van der Waals surface area contributed by atoms with Gasteiger partial charge in [-0.25, -0.2) is 0 Å². The van der Waals surface area contributed by atoms with Crippen molar-refractivity contribution in [3.63, 3.8) is 0 Å². The first-order chi connectivity index (χ1) is 13.1. The number of hydrogen-bond acceptors (Lipinski definition) is 0. The molecule has 28 heavy (non-hydrogen) atoms. The first-order valence-electron chi connectivity index (χ1n) is 12.9. The minimum atomic E-state index is 0. The summed E-state index contributed by atoms with van der Waals surface area (Å²) in [7, 11) is 0. The average molecular weight is 418 g/mol. The van der Waals surface area contributed by atoms with Gasteiger partial charge in [0.1, 0.15) is 0 Å². The van der Waals surface area contributed by atoms with Crippen molar-refractivity contribution in [1.29, 1.82) is 0 Å². The molecule has 0 amide bonds. The molecule has 0 unspecified atom stereocenters. The fourth-order valence-electron chi connectivity index (χ4n) is 4.47. The highest BCUT2D eigenvalue weighted by atomic mass is 35.5. The summed E-state index contributed by atoms with van der Waals surface area (Å²) in [5.74, 6) is 0. The van der Waals surface area contributed by atoms with E-state index in [0.717, 1.165) is 12.1 Å². The van der Waals surface area contributed by atoms with Gasteiger partial charge < -0.3 is 17.3 Å². The van der Waals surface area contributed by atoms with Crippen LogP contribution in [0.3, 0.4) is 0 Å². The summed E-state index contributed by atoms with van der Waals surface area (Å²) in [6, 6.07) is 1.55. The Morgan fingerprint density at radius 2 is 0.679 bits per heavy atom. The SMILES string of the molecule is CCCCCCCCCCCCCCCCCCCC[NH+](C(C)C)C(C)C.[Cl-]. The second-order valence-electron chi connectivity index (χ2n) is 9.64. The summed E-state index contributed by atoms with van der Waals surface area (Å²) < 4.78 is 0. The zero-order chi connectivity index (χ0) is 20.2. The van der Waals surface area contributed by atoms with Crippen LogP contribution >= 0.6 is 0 Å². The van der Waals surface area contributed by atoms with E-state index < -0.39 is 0 Å². The van der Waals surface area contributed by atoms with E-state index in [-0.39, 0.29) is 12.4 Å². The highest BCUT2D eigenvalue weighted by Crippen LogP contribution is 2.14. The van der Waals surface area contributed by atoms with E-state index in [1.54, 1.807) is 4.90 Å². The second kappa shape index (κ2) is 23.5. The maximum atomic E-state index is 2.37. The van der Waals surface area contributed by atoms with Crippen molar-refractivity contribution < 1.29 is 17.3 Å². The Kier molecular flexibility index (Phi) is 25.6. The highest BCUT2D eigenvalue weighted by molar-refractivity contribution is 4.51. The lowest BCUT2D eigenvalue weighted by Crippen LogP contribution is -3.17. The predicted octanol–water partition coefficient (Wildman–Crippen LogP) is 4.73. The molecule has 172 valence electrons. The summed E-state index contributed by atoms with van der Waals surface area (Å²) in [6.07, 6.45) is 26.4. The van der Waals surface area contributed by atoms with E-state index in [2.05, 4.69) is 34.6 Å². The fourth-order valence-corrected chi connectivity index (χ4v) is 4.47. The van der Waals surface area contributed by atoms with Crippen molar-refractivity contribution in [2.45, 2.75) is 162 Å². The zero-order valence-electron chi connectivity index (χ0n) is 20.5. The first kappa shape index (κ1) is 30.4. The Bertz CT molecular complexity index is 270. The number of nitrogens with one attached hydrogen (secondary N) is 1. The van der Waals surface area contributed by atoms with Gasteiger partial charge in [0, 0.05) is 0 Å². The molecule has 0 radical (unpaired) electrons. The molecule has 0 aromatic rings. The highest BCUT2D eigenvalue weighted by Gasteiger charge is 2.15. The van der Waals surface area contributed by atoms with Gasteiger partial charge in [-0.2, -0.15) is 0 Å². The van der Waals surface area contributed by atoms with Crippen LogP contribution in [0.15, 0.2) is 0 Å². The predicted molar refractivity (Wildman–Crippen MR) is 125 cm³/mol. The Hall–Kier alpha value is 0.250. The Labute approximate surface area is 186 Å². The van der Waals surface area contributed by atoms with Crippen molar-refractivity contribution in [2.24, 2.45) is 0 Å². The van der Waals surface area contributed by atoms with E-state index in [1.165, 1.54) is 122 Å². The van der Waals surface area contributed by atoms with Gasteiger partial charge in [-0.05, 0) is 40.5 Å². The molecule has 0 atom stereocenters. The van der Waals surface area contributed by atoms with Crippen LogP contribution in [0.2, 0.25) is 0 Å². The van der Waals surface area contributed by atoms with Crippen LogP contribution < -0.4 is 17.3 Å². The van der Waals surface area contributed by atoms with Gasteiger partial charge in [0.2, 0.25) is 0 Å². The molecule has 0 aromatic heterocycles. The molecule has 0 saturated heterocycles. The summed E-state index contributed by atoms with van der Waals surface area (Å²) >= 11 is 0. The molecule has 1 N–H and O–H groups in total. The van der Waals surface area contributed by atoms with E-state index >= 15 is 0 Å². The van der Waals surface area contributed by atoms with E-state index in [1.807, 2.05) is 0 Å². The molecule has 0 fully saturated rings. The van der Waals surface area contributed by atoms with Crippen LogP contribution in [0, 0.1) is 0 Å². The fraction of sp³-hybridized carbons (Fsp3) is 1.00. The molecule has 0 spiro atoms. The number of hydrogen-bond donors (Lipinski definition) is 1.